The Labute approximate surface area is 98.9 Å². The number of fused-ring (bicyclic) bond motifs is 1. The minimum absolute atomic E-state index is 0.906. The molecule has 0 N–H and O–H groups in total. The molecule has 0 spiro atoms. The first-order valence-electron chi connectivity index (χ1n) is 5.45. The van der Waals surface area contributed by atoms with Gasteiger partial charge in [-0.2, -0.15) is 5.10 Å². The highest BCUT2D eigenvalue weighted by atomic mass is 15.3. The zero-order valence-electron chi connectivity index (χ0n) is 9.75. The molecule has 0 aliphatic rings. The van der Waals surface area contributed by atoms with E-state index in [9.17, 15) is 0 Å². The molecule has 0 aromatic carbocycles. The van der Waals surface area contributed by atoms with Gasteiger partial charge >= 0.3 is 0 Å². The van der Waals surface area contributed by atoms with Crippen LogP contribution < -0.4 is 0 Å². The second-order valence-electron chi connectivity index (χ2n) is 4.11. The standard InChI is InChI=1S/C13H12N4/c1-9-3-4-14-11(5-9)10-6-13-12(15-7-10)8-16-17(13)2/h3-8H,1-2H3. The van der Waals surface area contributed by atoms with Crippen LogP contribution in [-0.4, -0.2) is 19.7 Å². The first-order valence-corrected chi connectivity index (χ1v) is 5.45. The molecule has 3 heterocycles. The number of aryl methyl sites for hydroxylation is 2. The summed E-state index contributed by atoms with van der Waals surface area (Å²) in [5.74, 6) is 0. The Morgan fingerprint density at radius 3 is 2.82 bits per heavy atom. The van der Waals surface area contributed by atoms with Gasteiger partial charge in [0.15, 0.2) is 0 Å². The van der Waals surface area contributed by atoms with Crippen molar-refractivity contribution < 1.29 is 0 Å². The molecule has 17 heavy (non-hydrogen) atoms. The number of hydrogen-bond donors (Lipinski definition) is 0. The van der Waals surface area contributed by atoms with Gasteiger partial charge in [0.1, 0.15) is 5.52 Å². The number of pyridine rings is 2. The lowest BCUT2D eigenvalue weighted by Crippen LogP contribution is -1.91. The Hall–Kier alpha value is -2.23. The number of hydrogen-bond acceptors (Lipinski definition) is 3. The molecule has 0 saturated heterocycles. The average molecular weight is 224 g/mol. The van der Waals surface area contributed by atoms with E-state index in [1.54, 1.807) is 6.20 Å². The Bertz CT molecular complexity index is 685. The minimum Gasteiger partial charge on any atom is -0.266 e. The zero-order chi connectivity index (χ0) is 11.8. The van der Waals surface area contributed by atoms with Crippen LogP contribution in [0.25, 0.3) is 22.3 Å². The highest BCUT2D eigenvalue weighted by molar-refractivity contribution is 5.79. The molecule has 0 unspecified atom stereocenters. The molecule has 4 nitrogen and oxygen atoms in total. The van der Waals surface area contributed by atoms with Crippen molar-refractivity contribution >= 4 is 11.0 Å². The van der Waals surface area contributed by atoms with Gasteiger partial charge in [-0.25, -0.2) is 0 Å². The van der Waals surface area contributed by atoms with Crippen molar-refractivity contribution in [3.63, 3.8) is 0 Å². The lowest BCUT2D eigenvalue weighted by atomic mass is 10.1. The summed E-state index contributed by atoms with van der Waals surface area (Å²) in [4.78, 5) is 8.75. The van der Waals surface area contributed by atoms with Crippen LogP contribution in [0.1, 0.15) is 5.56 Å². The van der Waals surface area contributed by atoms with Crippen LogP contribution in [0.3, 0.4) is 0 Å². The third-order valence-electron chi connectivity index (χ3n) is 2.81. The molecule has 0 saturated carbocycles. The molecule has 0 radical (unpaired) electrons. The van der Waals surface area contributed by atoms with E-state index in [4.69, 9.17) is 0 Å². The van der Waals surface area contributed by atoms with Gasteiger partial charge in [0.2, 0.25) is 0 Å². The van der Waals surface area contributed by atoms with Gasteiger partial charge in [0.05, 0.1) is 17.4 Å². The molecule has 0 atom stereocenters. The van der Waals surface area contributed by atoms with Gasteiger partial charge in [-0.1, -0.05) is 0 Å². The average Bonchev–Trinajstić information content (AvgIpc) is 2.71. The van der Waals surface area contributed by atoms with Crippen molar-refractivity contribution in [2.45, 2.75) is 6.92 Å². The molecule has 3 aromatic rings. The second-order valence-corrected chi connectivity index (χ2v) is 4.11. The summed E-state index contributed by atoms with van der Waals surface area (Å²) in [5.41, 5.74) is 5.08. The summed E-state index contributed by atoms with van der Waals surface area (Å²) in [7, 11) is 1.91. The summed E-state index contributed by atoms with van der Waals surface area (Å²) >= 11 is 0. The molecule has 3 rings (SSSR count). The lowest BCUT2D eigenvalue weighted by Gasteiger charge is -2.02. The van der Waals surface area contributed by atoms with E-state index in [-0.39, 0.29) is 0 Å². The largest absolute Gasteiger partial charge is 0.266 e. The number of nitrogens with zero attached hydrogens (tertiary/aromatic N) is 4. The van der Waals surface area contributed by atoms with Crippen LogP contribution in [0.4, 0.5) is 0 Å². The van der Waals surface area contributed by atoms with Crippen molar-refractivity contribution in [2.24, 2.45) is 7.05 Å². The zero-order valence-corrected chi connectivity index (χ0v) is 9.75. The highest BCUT2D eigenvalue weighted by Crippen LogP contribution is 2.20. The van der Waals surface area contributed by atoms with Gasteiger partial charge in [-0.15, -0.1) is 0 Å². The van der Waals surface area contributed by atoms with Crippen LogP contribution in [0.2, 0.25) is 0 Å². The van der Waals surface area contributed by atoms with E-state index in [1.165, 1.54) is 5.56 Å². The maximum Gasteiger partial charge on any atom is 0.108 e. The molecule has 0 bridgehead atoms. The van der Waals surface area contributed by atoms with Crippen molar-refractivity contribution in [1.29, 1.82) is 0 Å². The first kappa shape index (κ1) is 9.96. The lowest BCUT2D eigenvalue weighted by molar-refractivity contribution is 0.797. The SMILES string of the molecule is Cc1ccnc(-c2cnc3cnn(C)c3c2)c1. The van der Waals surface area contributed by atoms with Crippen LogP contribution in [0, 0.1) is 6.92 Å². The quantitative estimate of drug-likeness (QED) is 0.637. The Morgan fingerprint density at radius 1 is 1.12 bits per heavy atom. The highest BCUT2D eigenvalue weighted by Gasteiger charge is 2.05. The summed E-state index contributed by atoms with van der Waals surface area (Å²) in [6.45, 7) is 2.06. The first-order chi connectivity index (χ1) is 8.24. The molecule has 4 heteroatoms. The Balaban J connectivity index is 2.20. The molecule has 0 fully saturated rings. The van der Waals surface area contributed by atoms with Crippen LogP contribution >= 0.6 is 0 Å². The number of aromatic nitrogens is 4. The normalized spacial score (nSPS) is 10.9. The van der Waals surface area contributed by atoms with E-state index in [0.29, 0.717) is 0 Å². The molecule has 0 aliphatic carbocycles. The van der Waals surface area contributed by atoms with E-state index in [0.717, 1.165) is 22.3 Å². The van der Waals surface area contributed by atoms with Gasteiger partial charge < -0.3 is 0 Å². The van der Waals surface area contributed by atoms with Crippen molar-refractivity contribution in [1.82, 2.24) is 19.7 Å². The van der Waals surface area contributed by atoms with E-state index in [2.05, 4.69) is 34.1 Å². The van der Waals surface area contributed by atoms with Crippen LogP contribution in [-0.2, 0) is 7.05 Å². The third kappa shape index (κ3) is 1.67. The molecule has 0 aliphatic heterocycles. The Morgan fingerprint density at radius 2 is 2.00 bits per heavy atom. The van der Waals surface area contributed by atoms with Crippen molar-refractivity contribution in [3.05, 3.63) is 42.4 Å². The number of rotatable bonds is 1. The summed E-state index contributed by atoms with van der Waals surface area (Å²) in [6.07, 6.45) is 5.42. The van der Waals surface area contributed by atoms with E-state index in [1.807, 2.05) is 30.2 Å². The smallest absolute Gasteiger partial charge is 0.108 e. The van der Waals surface area contributed by atoms with Gasteiger partial charge in [-0.05, 0) is 30.7 Å². The second kappa shape index (κ2) is 3.66. The molecule has 84 valence electrons. The van der Waals surface area contributed by atoms with E-state index >= 15 is 0 Å². The van der Waals surface area contributed by atoms with Crippen LogP contribution in [0.15, 0.2) is 36.8 Å². The van der Waals surface area contributed by atoms with Crippen molar-refractivity contribution in [2.75, 3.05) is 0 Å². The van der Waals surface area contributed by atoms with Crippen molar-refractivity contribution in [3.8, 4) is 11.3 Å². The topological polar surface area (TPSA) is 43.6 Å². The fraction of sp³-hybridized carbons (Fsp3) is 0.154. The maximum atomic E-state index is 4.38. The minimum atomic E-state index is 0.906. The molecular weight excluding hydrogens is 212 g/mol. The fourth-order valence-corrected chi connectivity index (χ4v) is 1.86. The van der Waals surface area contributed by atoms with E-state index < -0.39 is 0 Å². The predicted octanol–water partition coefficient (Wildman–Crippen LogP) is 2.34. The summed E-state index contributed by atoms with van der Waals surface area (Å²) in [5, 5.41) is 4.18. The Kier molecular flexibility index (Phi) is 2.14. The van der Waals surface area contributed by atoms with Crippen LogP contribution in [0.5, 0.6) is 0 Å². The predicted molar refractivity (Wildman–Crippen MR) is 66.5 cm³/mol. The summed E-state index contributed by atoms with van der Waals surface area (Å²) < 4.78 is 1.82. The molecule has 0 amide bonds. The third-order valence-corrected chi connectivity index (χ3v) is 2.81. The maximum absolute atomic E-state index is 4.38. The van der Waals surface area contributed by atoms with Gasteiger partial charge in [0, 0.05) is 25.0 Å². The molecule has 3 aromatic heterocycles. The van der Waals surface area contributed by atoms with Gasteiger partial charge in [-0.3, -0.25) is 14.6 Å². The fourth-order valence-electron chi connectivity index (χ4n) is 1.86. The van der Waals surface area contributed by atoms with Gasteiger partial charge in [0.25, 0.3) is 0 Å². The monoisotopic (exact) mass is 224 g/mol. The molecular formula is C13H12N4. The summed E-state index contributed by atoms with van der Waals surface area (Å²) in [6, 6.07) is 6.11.